The summed E-state index contributed by atoms with van der Waals surface area (Å²) in [4.78, 5) is 0. The van der Waals surface area contributed by atoms with Crippen LogP contribution in [0.5, 0.6) is 5.75 Å². The highest BCUT2D eigenvalue weighted by atomic mass is 28.4. The minimum atomic E-state index is -2.94. The second-order valence-electron chi connectivity index (χ2n) is 4.60. The van der Waals surface area contributed by atoms with Gasteiger partial charge >= 0.3 is 8.80 Å². The van der Waals surface area contributed by atoms with E-state index in [2.05, 4.69) is 0 Å². The summed E-state index contributed by atoms with van der Waals surface area (Å²) >= 11 is 0. The molecule has 0 saturated heterocycles. The number of hydrogen-bond acceptors (Lipinski definition) is 4. The molecule has 0 aliphatic heterocycles. The summed E-state index contributed by atoms with van der Waals surface area (Å²) in [5, 5.41) is 0. The van der Waals surface area contributed by atoms with Crippen molar-refractivity contribution >= 4 is 8.80 Å². The first-order chi connectivity index (χ1) is 11.3. The third-order valence-corrected chi connectivity index (χ3v) is 6.13. The minimum Gasteiger partial charge on any atom is -0.487 e. The average Bonchev–Trinajstić information content (AvgIpc) is 2.57. The van der Waals surface area contributed by atoms with Crippen LogP contribution in [0.3, 0.4) is 0 Å². The van der Waals surface area contributed by atoms with Crippen LogP contribution in [0.1, 0.15) is 20.3 Å². The summed E-state index contributed by atoms with van der Waals surface area (Å²) in [5.41, 5.74) is 0. The minimum absolute atomic E-state index is 0.180. The van der Waals surface area contributed by atoms with E-state index in [1.807, 2.05) is 0 Å². The van der Waals surface area contributed by atoms with Gasteiger partial charge in [0, 0.05) is 26.4 Å². The molecule has 0 amide bonds. The molecule has 0 N–H and O–H groups in total. The van der Waals surface area contributed by atoms with Gasteiger partial charge < -0.3 is 18.0 Å². The summed E-state index contributed by atoms with van der Waals surface area (Å²) < 4.78 is 87.0. The molecule has 0 aromatic heterocycles. The Morgan fingerprint density at radius 3 is 1.67 bits per heavy atom. The first kappa shape index (κ1) is 20.8. The lowest BCUT2D eigenvalue weighted by Gasteiger charge is -2.27. The third kappa shape index (κ3) is 4.65. The van der Waals surface area contributed by atoms with Gasteiger partial charge in [0.1, 0.15) is 0 Å². The number of hydrogen-bond donors (Lipinski definition) is 0. The van der Waals surface area contributed by atoms with Gasteiger partial charge in [0.2, 0.25) is 29.1 Å². The fourth-order valence-corrected chi connectivity index (χ4v) is 4.29. The molecule has 0 bridgehead atoms. The van der Waals surface area contributed by atoms with Crippen LogP contribution in [0.2, 0.25) is 6.04 Å². The molecule has 0 heterocycles. The first-order valence-electron chi connectivity index (χ1n) is 7.30. The maximum absolute atomic E-state index is 13.5. The molecule has 1 aromatic rings. The Morgan fingerprint density at radius 1 is 0.792 bits per heavy atom. The number of halogens is 5. The smallest absolute Gasteiger partial charge is 0.487 e. The zero-order chi connectivity index (χ0) is 18.3. The fourth-order valence-electron chi connectivity index (χ4n) is 2.02. The Hall–Kier alpha value is -1.23. The lowest BCUT2D eigenvalue weighted by Crippen LogP contribution is -2.45. The Kier molecular flexibility index (Phi) is 8.07. The standard InChI is InChI=1S/C14H19F5O4Si/c1-4-22-24(20-3,23-5-2)8-6-7-21-14-12(18)10(16)9(15)11(17)13(14)19/h4-8H2,1-3H3. The predicted octanol–water partition coefficient (Wildman–Crippen LogP) is 3.81. The fraction of sp³-hybridized carbons (Fsp3) is 0.571. The van der Waals surface area contributed by atoms with Gasteiger partial charge in [-0.3, -0.25) is 0 Å². The van der Waals surface area contributed by atoms with Gasteiger partial charge in [-0.15, -0.1) is 0 Å². The predicted molar refractivity (Wildman–Crippen MR) is 77.2 cm³/mol. The van der Waals surface area contributed by atoms with Crippen molar-refractivity contribution in [3.8, 4) is 5.75 Å². The topological polar surface area (TPSA) is 36.9 Å². The molecule has 4 nitrogen and oxygen atoms in total. The maximum Gasteiger partial charge on any atom is 0.500 e. The summed E-state index contributed by atoms with van der Waals surface area (Å²) in [5.74, 6) is -11.6. The van der Waals surface area contributed by atoms with E-state index >= 15 is 0 Å². The van der Waals surface area contributed by atoms with E-state index in [9.17, 15) is 22.0 Å². The van der Waals surface area contributed by atoms with Crippen LogP contribution in [0.25, 0.3) is 0 Å². The van der Waals surface area contributed by atoms with Crippen LogP contribution < -0.4 is 4.74 Å². The van der Waals surface area contributed by atoms with Crippen LogP contribution in [-0.2, 0) is 13.3 Å². The molecule has 138 valence electrons. The van der Waals surface area contributed by atoms with Gasteiger partial charge in [0.15, 0.2) is 5.75 Å². The highest BCUT2D eigenvalue weighted by Crippen LogP contribution is 2.29. The van der Waals surface area contributed by atoms with Gasteiger partial charge in [-0.05, 0) is 20.3 Å². The number of rotatable bonds is 10. The largest absolute Gasteiger partial charge is 0.500 e. The normalized spacial score (nSPS) is 11.8. The second-order valence-corrected chi connectivity index (χ2v) is 7.46. The van der Waals surface area contributed by atoms with Gasteiger partial charge in [-0.25, -0.2) is 13.2 Å². The van der Waals surface area contributed by atoms with E-state index in [0.29, 0.717) is 13.2 Å². The highest BCUT2D eigenvalue weighted by Gasteiger charge is 2.39. The highest BCUT2D eigenvalue weighted by molar-refractivity contribution is 6.60. The van der Waals surface area contributed by atoms with Gasteiger partial charge in [0.25, 0.3) is 0 Å². The molecule has 24 heavy (non-hydrogen) atoms. The van der Waals surface area contributed by atoms with Crippen LogP contribution in [0.15, 0.2) is 0 Å². The van der Waals surface area contributed by atoms with Crippen molar-refractivity contribution in [3.05, 3.63) is 29.1 Å². The lowest BCUT2D eigenvalue weighted by molar-refractivity contribution is 0.0846. The molecule has 1 aromatic carbocycles. The van der Waals surface area contributed by atoms with E-state index in [1.165, 1.54) is 7.11 Å². The molecular formula is C14H19F5O4Si. The molecule has 0 atom stereocenters. The zero-order valence-electron chi connectivity index (χ0n) is 13.6. The summed E-state index contributed by atoms with van der Waals surface area (Å²) in [6.45, 7) is 3.91. The average molecular weight is 374 g/mol. The Morgan fingerprint density at radius 2 is 1.25 bits per heavy atom. The molecule has 0 aliphatic rings. The Labute approximate surface area is 137 Å². The molecule has 0 spiro atoms. The SMILES string of the molecule is CCO[Si](CCCOc1c(F)c(F)c(F)c(F)c1F)(OC)OCC. The lowest BCUT2D eigenvalue weighted by atomic mass is 10.2. The molecule has 1 rings (SSSR count). The molecule has 0 saturated carbocycles. The van der Waals surface area contributed by atoms with Crippen molar-refractivity contribution in [2.45, 2.75) is 26.3 Å². The molecule has 0 unspecified atom stereocenters. The summed E-state index contributed by atoms with van der Waals surface area (Å²) in [6.07, 6.45) is 0.180. The second kappa shape index (κ2) is 9.30. The van der Waals surface area contributed by atoms with Crippen LogP contribution >= 0.6 is 0 Å². The van der Waals surface area contributed by atoms with Crippen molar-refractivity contribution in [3.63, 3.8) is 0 Å². The maximum atomic E-state index is 13.5. The van der Waals surface area contributed by atoms with E-state index in [-0.39, 0.29) is 19.1 Å². The van der Waals surface area contributed by atoms with Gasteiger partial charge in [0.05, 0.1) is 6.61 Å². The summed E-state index contributed by atoms with van der Waals surface area (Å²) in [6, 6.07) is 0.264. The van der Waals surface area contributed by atoms with E-state index in [1.54, 1.807) is 13.8 Å². The van der Waals surface area contributed by atoms with Gasteiger partial charge in [-0.1, -0.05) is 0 Å². The molecular weight excluding hydrogens is 355 g/mol. The third-order valence-electron chi connectivity index (χ3n) is 3.08. The molecule has 0 fully saturated rings. The Bertz CT molecular complexity index is 523. The van der Waals surface area contributed by atoms with Crippen molar-refractivity contribution in [1.29, 1.82) is 0 Å². The monoisotopic (exact) mass is 374 g/mol. The first-order valence-corrected chi connectivity index (χ1v) is 9.24. The van der Waals surface area contributed by atoms with Crippen molar-refractivity contribution in [1.82, 2.24) is 0 Å². The summed E-state index contributed by atoms with van der Waals surface area (Å²) in [7, 11) is -1.52. The molecule has 10 heteroatoms. The van der Waals surface area contributed by atoms with E-state index in [4.69, 9.17) is 18.0 Å². The number of benzene rings is 1. The van der Waals surface area contributed by atoms with E-state index < -0.39 is 43.6 Å². The molecule has 0 aliphatic carbocycles. The van der Waals surface area contributed by atoms with Crippen molar-refractivity contribution in [2.75, 3.05) is 26.9 Å². The zero-order valence-corrected chi connectivity index (χ0v) is 14.6. The van der Waals surface area contributed by atoms with Crippen LogP contribution in [-0.4, -0.2) is 35.7 Å². The molecule has 0 radical (unpaired) electrons. The quantitative estimate of drug-likeness (QED) is 0.205. The number of ether oxygens (including phenoxy) is 1. The Balaban J connectivity index is 2.74. The van der Waals surface area contributed by atoms with Crippen molar-refractivity contribution in [2.24, 2.45) is 0 Å². The van der Waals surface area contributed by atoms with E-state index in [0.717, 1.165) is 0 Å². The van der Waals surface area contributed by atoms with Crippen LogP contribution in [0, 0.1) is 29.1 Å². The van der Waals surface area contributed by atoms with Crippen LogP contribution in [0.4, 0.5) is 22.0 Å². The van der Waals surface area contributed by atoms with Gasteiger partial charge in [-0.2, -0.15) is 8.78 Å². The van der Waals surface area contributed by atoms with Crippen molar-refractivity contribution < 1.29 is 40.0 Å².